The molecule has 0 aliphatic rings. The summed E-state index contributed by atoms with van der Waals surface area (Å²) in [6, 6.07) is 13.3. The van der Waals surface area contributed by atoms with E-state index in [0.29, 0.717) is 11.6 Å². The molecule has 2 nitrogen and oxygen atoms in total. The molecule has 2 aromatic carbocycles. The number of halogens is 3. The SMILES string of the molecule is NCC(Oc1ccc(Br)cc1Br)c1cccc(Cl)c1. The van der Waals surface area contributed by atoms with Crippen LogP contribution in [-0.4, -0.2) is 6.54 Å². The maximum Gasteiger partial charge on any atom is 0.136 e. The van der Waals surface area contributed by atoms with E-state index in [1.165, 1.54) is 0 Å². The molecule has 0 aliphatic carbocycles. The molecule has 2 aromatic rings. The van der Waals surface area contributed by atoms with E-state index < -0.39 is 0 Å². The summed E-state index contributed by atoms with van der Waals surface area (Å²) in [5.41, 5.74) is 6.75. The fourth-order valence-electron chi connectivity index (χ4n) is 1.68. The minimum absolute atomic E-state index is 0.226. The molecule has 0 aromatic heterocycles. The number of nitrogens with two attached hydrogens (primary N) is 1. The highest BCUT2D eigenvalue weighted by Crippen LogP contribution is 2.32. The second-order valence-corrected chi connectivity index (χ2v) is 6.18. The van der Waals surface area contributed by atoms with Crippen molar-refractivity contribution in [2.75, 3.05) is 6.54 Å². The van der Waals surface area contributed by atoms with Crippen molar-refractivity contribution in [3.05, 3.63) is 62.0 Å². The summed E-state index contributed by atoms with van der Waals surface area (Å²) < 4.78 is 7.80. The third kappa shape index (κ3) is 3.96. The summed E-state index contributed by atoms with van der Waals surface area (Å²) in [5, 5.41) is 0.675. The third-order valence-corrected chi connectivity index (χ3v) is 3.95. The van der Waals surface area contributed by atoms with E-state index in [1.54, 1.807) is 0 Å². The number of hydrogen-bond acceptors (Lipinski definition) is 2. The van der Waals surface area contributed by atoms with Crippen LogP contribution in [0.1, 0.15) is 11.7 Å². The lowest BCUT2D eigenvalue weighted by Gasteiger charge is -2.19. The Bertz CT molecular complexity index is 577. The van der Waals surface area contributed by atoms with Gasteiger partial charge in [-0.25, -0.2) is 0 Å². The van der Waals surface area contributed by atoms with Gasteiger partial charge in [0.25, 0.3) is 0 Å². The predicted molar refractivity (Wildman–Crippen MR) is 85.7 cm³/mol. The van der Waals surface area contributed by atoms with Gasteiger partial charge < -0.3 is 10.5 Å². The first kappa shape index (κ1) is 14.9. The van der Waals surface area contributed by atoms with Gasteiger partial charge in [0.1, 0.15) is 11.9 Å². The van der Waals surface area contributed by atoms with Gasteiger partial charge in [-0.15, -0.1) is 0 Å². The van der Waals surface area contributed by atoms with Crippen LogP contribution in [0.15, 0.2) is 51.4 Å². The van der Waals surface area contributed by atoms with Crippen molar-refractivity contribution in [1.29, 1.82) is 0 Å². The maximum absolute atomic E-state index is 5.99. The lowest BCUT2D eigenvalue weighted by Crippen LogP contribution is -2.18. The van der Waals surface area contributed by atoms with Crippen molar-refractivity contribution in [3.8, 4) is 5.75 Å². The van der Waals surface area contributed by atoms with Crippen LogP contribution in [0.4, 0.5) is 0 Å². The highest BCUT2D eigenvalue weighted by Gasteiger charge is 2.13. The lowest BCUT2D eigenvalue weighted by molar-refractivity contribution is 0.213. The number of rotatable bonds is 4. The largest absolute Gasteiger partial charge is 0.483 e. The third-order valence-electron chi connectivity index (χ3n) is 2.60. The first-order valence-corrected chi connectivity index (χ1v) is 7.64. The highest BCUT2D eigenvalue weighted by molar-refractivity contribution is 9.11. The Morgan fingerprint density at radius 1 is 1.16 bits per heavy atom. The van der Waals surface area contributed by atoms with E-state index in [1.807, 2.05) is 42.5 Å². The van der Waals surface area contributed by atoms with Gasteiger partial charge in [-0.05, 0) is 51.8 Å². The van der Waals surface area contributed by atoms with Crippen molar-refractivity contribution in [2.24, 2.45) is 5.73 Å². The van der Waals surface area contributed by atoms with E-state index in [-0.39, 0.29) is 6.10 Å². The Morgan fingerprint density at radius 3 is 2.58 bits per heavy atom. The van der Waals surface area contributed by atoms with Gasteiger partial charge in [-0.2, -0.15) is 0 Å². The molecular weight excluding hydrogens is 393 g/mol. The molecule has 0 heterocycles. The van der Waals surface area contributed by atoms with Crippen LogP contribution < -0.4 is 10.5 Å². The Kier molecular flexibility index (Phi) is 5.28. The predicted octanol–water partition coefficient (Wildman–Crippen LogP) is 4.94. The summed E-state index contributed by atoms with van der Waals surface area (Å²) in [7, 11) is 0. The zero-order valence-electron chi connectivity index (χ0n) is 9.95. The van der Waals surface area contributed by atoms with Crippen LogP contribution >= 0.6 is 43.5 Å². The summed E-state index contributed by atoms with van der Waals surface area (Å²) in [6.45, 7) is 0.378. The molecule has 0 radical (unpaired) electrons. The van der Waals surface area contributed by atoms with Crippen LogP contribution in [0.3, 0.4) is 0 Å². The molecule has 0 bridgehead atoms. The van der Waals surface area contributed by atoms with E-state index in [2.05, 4.69) is 31.9 Å². The zero-order valence-corrected chi connectivity index (χ0v) is 13.9. The fraction of sp³-hybridized carbons (Fsp3) is 0.143. The van der Waals surface area contributed by atoms with Crippen molar-refractivity contribution in [1.82, 2.24) is 0 Å². The average molecular weight is 406 g/mol. The molecular formula is C14H12Br2ClNO. The first-order chi connectivity index (χ1) is 9.10. The standard InChI is InChI=1S/C14H12Br2ClNO/c15-10-4-5-13(12(16)7-10)19-14(8-18)9-2-1-3-11(17)6-9/h1-7,14H,8,18H2. The highest BCUT2D eigenvalue weighted by atomic mass is 79.9. The summed E-state index contributed by atoms with van der Waals surface area (Å²) >= 11 is 12.9. The van der Waals surface area contributed by atoms with Crippen LogP contribution in [0.5, 0.6) is 5.75 Å². The molecule has 0 fully saturated rings. The second kappa shape index (κ2) is 6.75. The first-order valence-electron chi connectivity index (χ1n) is 5.67. The molecule has 19 heavy (non-hydrogen) atoms. The Balaban J connectivity index is 2.24. The molecule has 2 rings (SSSR count). The Labute approximate surface area is 134 Å². The van der Waals surface area contributed by atoms with Gasteiger partial charge in [-0.3, -0.25) is 0 Å². The number of hydrogen-bond donors (Lipinski definition) is 1. The number of benzene rings is 2. The van der Waals surface area contributed by atoms with Crippen molar-refractivity contribution in [3.63, 3.8) is 0 Å². The van der Waals surface area contributed by atoms with Crippen LogP contribution in [-0.2, 0) is 0 Å². The van der Waals surface area contributed by atoms with Crippen LogP contribution in [0.2, 0.25) is 5.02 Å². The van der Waals surface area contributed by atoms with Crippen LogP contribution in [0.25, 0.3) is 0 Å². The minimum Gasteiger partial charge on any atom is -0.483 e. The maximum atomic E-state index is 5.99. The van der Waals surface area contributed by atoms with Gasteiger partial charge >= 0.3 is 0 Å². The van der Waals surface area contributed by atoms with Gasteiger partial charge in [0, 0.05) is 16.0 Å². The molecule has 0 aliphatic heterocycles. The molecule has 0 amide bonds. The monoisotopic (exact) mass is 403 g/mol. The summed E-state index contributed by atoms with van der Waals surface area (Å²) in [4.78, 5) is 0. The molecule has 0 spiro atoms. The normalized spacial score (nSPS) is 12.2. The van der Waals surface area contributed by atoms with E-state index >= 15 is 0 Å². The Hall–Kier alpha value is -0.550. The van der Waals surface area contributed by atoms with Crippen molar-refractivity contribution >= 4 is 43.5 Å². The van der Waals surface area contributed by atoms with Crippen molar-refractivity contribution < 1.29 is 4.74 Å². The quantitative estimate of drug-likeness (QED) is 0.782. The molecule has 0 saturated carbocycles. The minimum atomic E-state index is -0.226. The fourth-order valence-corrected chi connectivity index (χ4v) is 3.02. The Morgan fingerprint density at radius 2 is 1.95 bits per heavy atom. The van der Waals surface area contributed by atoms with Crippen LogP contribution in [0, 0.1) is 0 Å². The molecule has 100 valence electrons. The summed E-state index contributed by atoms with van der Waals surface area (Å²) in [6.07, 6.45) is -0.226. The van der Waals surface area contributed by atoms with Gasteiger partial charge in [0.2, 0.25) is 0 Å². The van der Waals surface area contributed by atoms with E-state index in [0.717, 1.165) is 20.3 Å². The van der Waals surface area contributed by atoms with Gasteiger partial charge in [0.15, 0.2) is 0 Å². The summed E-state index contributed by atoms with van der Waals surface area (Å²) in [5.74, 6) is 0.749. The molecule has 1 atom stereocenters. The van der Waals surface area contributed by atoms with Gasteiger partial charge in [0.05, 0.1) is 4.47 Å². The van der Waals surface area contributed by atoms with Gasteiger partial charge in [-0.1, -0.05) is 39.7 Å². The smallest absolute Gasteiger partial charge is 0.136 e. The second-order valence-electron chi connectivity index (χ2n) is 3.97. The van der Waals surface area contributed by atoms with E-state index in [9.17, 15) is 0 Å². The molecule has 0 saturated heterocycles. The molecule has 1 unspecified atom stereocenters. The average Bonchev–Trinajstić information content (AvgIpc) is 2.38. The molecule has 2 N–H and O–H groups in total. The molecule has 5 heteroatoms. The zero-order chi connectivity index (χ0) is 13.8. The van der Waals surface area contributed by atoms with Crippen molar-refractivity contribution in [2.45, 2.75) is 6.10 Å². The lowest BCUT2D eigenvalue weighted by atomic mass is 10.1. The number of ether oxygens (including phenoxy) is 1. The van der Waals surface area contributed by atoms with E-state index in [4.69, 9.17) is 22.1 Å². The topological polar surface area (TPSA) is 35.2 Å².